The molecule has 0 aliphatic heterocycles. The second kappa shape index (κ2) is 48.9. The summed E-state index contributed by atoms with van der Waals surface area (Å²) in [7, 11) is 0. The molecule has 60 heavy (non-hydrogen) atoms. The van der Waals surface area contributed by atoms with E-state index in [1.165, 1.54) is 225 Å². The van der Waals surface area contributed by atoms with Gasteiger partial charge in [0.15, 0.2) is 0 Å². The van der Waals surface area contributed by atoms with Gasteiger partial charge in [0.25, 0.3) is 0 Å². The second-order valence-electron chi connectivity index (χ2n) is 19.0. The molecular weight excluding hydrogens is 743 g/mol. The summed E-state index contributed by atoms with van der Waals surface area (Å²) in [6, 6.07) is -0.691. The first-order valence-electron chi connectivity index (χ1n) is 27.3. The van der Waals surface area contributed by atoms with Crippen molar-refractivity contribution < 1.29 is 24.5 Å². The molecule has 0 saturated heterocycles. The number of amides is 1. The molecule has 6 nitrogen and oxygen atoms in total. The summed E-state index contributed by atoms with van der Waals surface area (Å²) in [6.07, 6.45) is 53.1. The van der Waals surface area contributed by atoms with Crippen molar-refractivity contribution in [3.8, 4) is 0 Å². The number of esters is 1. The summed E-state index contributed by atoms with van der Waals surface area (Å²) in [5.41, 5.74) is 0. The molecule has 0 aliphatic carbocycles. The van der Waals surface area contributed by atoms with Crippen LogP contribution in [0.2, 0.25) is 0 Å². The van der Waals surface area contributed by atoms with Gasteiger partial charge in [0, 0.05) is 6.42 Å². The number of aliphatic hydroxyl groups is 2. The second-order valence-corrected chi connectivity index (χ2v) is 19.0. The van der Waals surface area contributed by atoms with E-state index in [1.807, 2.05) is 0 Å². The van der Waals surface area contributed by atoms with Gasteiger partial charge in [-0.2, -0.15) is 0 Å². The smallest absolute Gasteiger partial charge is 0.306 e. The van der Waals surface area contributed by atoms with E-state index in [0.29, 0.717) is 19.3 Å². The van der Waals surface area contributed by atoms with E-state index in [-0.39, 0.29) is 24.9 Å². The monoisotopic (exact) mass is 850 g/mol. The van der Waals surface area contributed by atoms with Crippen molar-refractivity contribution in [2.45, 2.75) is 328 Å². The first kappa shape index (κ1) is 58.9. The van der Waals surface area contributed by atoms with E-state index >= 15 is 0 Å². The van der Waals surface area contributed by atoms with Crippen LogP contribution < -0.4 is 5.32 Å². The topological polar surface area (TPSA) is 95.9 Å². The molecule has 0 rings (SSSR count). The van der Waals surface area contributed by atoms with Gasteiger partial charge in [0.2, 0.25) is 5.91 Å². The number of carbonyl (C=O) groups is 2. The Morgan fingerprint density at radius 2 is 0.700 bits per heavy atom. The lowest BCUT2D eigenvalue weighted by Gasteiger charge is -2.24. The Labute approximate surface area is 375 Å². The fraction of sp³-hybridized carbons (Fsp3) is 0.963. The van der Waals surface area contributed by atoms with Gasteiger partial charge in [-0.05, 0) is 25.7 Å². The molecule has 6 heteroatoms. The third-order valence-corrected chi connectivity index (χ3v) is 12.9. The lowest BCUT2D eigenvalue weighted by atomic mass is 10.0. The van der Waals surface area contributed by atoms with Crippen LogP contribution in [0.4, 0.5) is 0 Å². The van der Waals surface area contributed by atoms with Gasteiger partial charge in [-0.1, -0.05) is 271 Å². The maximum Gasteiger partial charge on any atom is 0.306 e. The fourth-order valence-corrected chi connectivity index (χ4v) is 8.79. The Bertz CT molecular complexity index is 867. The van der Waals surface area contributed by atoms with Crippen LogP contribution in [0.15, 0.2) is 0 Å². The summed E-state index contributed by atoms with van der Waals surface area (Å²) >= 11 is 0. The Hall–Kier alpha value is -1.14. The highest BCUT2D eigenvalue weighted by Crippen LogP contribution is 2.19. The zero-order chi connectivity index (χ0) is 43.8. The van der Waals surface area contributed by atoms with Gasteiger partial charge in [-0.3, -0.25) is 9.59 Å². The van der Waals surface area contributed by atoms with Gasteiger partial charge in [0.05, 0.1) is 25.2 Å². The molecule has 0 spiro atoms. The first-order valence-corrected chi connectivity index (χ1v) is 27.3. The van der Waals surface area contributed by atoms with Crippen LogP contribution in [0.1, 0.15) is 310 Å². The van der Waals surface area contributed by atoms with Gasteiger partial charge < -0.3 is 20.3 Å². The molecule has 3 N–H and O–H groups in total. The van der Waals surface area contributed by atoms with Crippen LogP contribution in [-0.2, 0) is 14.3 Å². The number of aliphatic hydroxyl groups excluding tert-OH is 2. The van der Waals surface area contributed by atoms with E-state index in [1.54, 1.807) is 0 Å². The standard InChI is InChI=1S/C54H107NO5/c1-4-7-10-13-16-19-22-24-25-26-27-28-29-32-35-38-41-44-47-54(59)60-50(45-42-39-36-33-30-21-18-15-12-9-6-3)48-53(58)55-51(49-56)52(57)46-43-40-37-34-31-23-20-17-14-11-8-5-2/h50-52,56-57H,4-49H2,1-3H3,(H,55,58). The van der Waals surface area contributed by atoms with Crippen LogP contribution in [0.3, 0.4) is 0 Å². The minimum absolute atomic E-state index is 0.0877. The third-order valence-electron chi connectivity index (χ3n) is 12.9. The van der Waals surface area contributed by atoms with Crippen molar-refractivity contribution >= 4 is 11.9 Å². The minimum Gasteiger partial charge on any atom is -0.462 e. The van der Waals surface area contributed by atoms with Gasteiger partial charge in [-0.25, -0.2) is 0 Å². The molecular formula is C54H107NO5. The summed E-state index contributed by atoms with van der Waals surface area (Å²) < 4.78 is 5.95. The van der Waals surface area contributed by atoms with Crippen LogP contribution in [-0.4, -0.2) is 46.9 Å². The number of hydrogen-bond acceptors (Lipinski definition) is 5. The van der Waals surface area contributed by atoms with Gasteiger partial charge >= 0.3 is 5.97 Å². The van der Waals surface area contributed by atoms with E-state index in [0.717, 1.165) is 38.5 Å². The zero-order valence-electron chi connectivity index (χ0n) is 40.9. The van der Waals surface area contributed by atoms with Gasteiger partial charge in [0.1, 0.15) is 6.10 Å². The average Bonchev–Trinajstić information content (AvgIpc) is 3.24. The van der Waals surface area contributed by atoms with E-state index in [2.05, 4.69) is 26.1 Å². The maximum absolute atomic E-state index is 13.2. The highest BCUT2D eigenvalue weighted by Gasteiger charge is 2.24. The third kappa shape index (κ3) is 43.5. The largest absolute Gasteiger partial charge is 0.462 e. The van der Waals surface area contributed by atoms with Crippen molar-refractivity contribution in [1.82, 2.24) is 5.32 Å². The lowest BCUT2D eigenvalue weighted by molar-refractivity contribution is -0.151. The Balaban J connectivity index is 4.42. The molecule has 0 heterocycles. The minimum atomic E-state index is -0.778. The molecule has 1 amide bonds. The van der Waals surface area contributed by atoms with E-state index in [4.69, 9.17) is 4.74 Å². The quantitative estimate of drug-likeness (QED) is 0.0419. The Morgan fingerprint density at radius 3 is 1.02 bits per heavy atom. The number of unbranched alkanes of at least 4 members (excludes halogenated alkanes) is 38. The van der Waals surface area contributed by atoms with E-state index in [9.17, 15) is 19.8 Å². The first-order chi connectivity index (χ1) is 29.5. The molecule has 0 bridgehead atoms. The summed E-state index contributed by atoms with van der Waals surface area (Å²) in [5, 5.41) is 23.8. The highest BCUT2D eigenvalue weighted by molar-refractivity contribution is 5.77. The molecule has 0 radical (unpaired) electrons. The molecule has 0 aromatic carbocycles. The molecule has 3 atom stereocenters. The van der Waals surface area contributed by atoms with Crippen LogP contribution in [0, 0.1) is 0 Å². The molecule has 0 aromatic rings. The number of hydrogen-bond donors (Lipinski definition) is 3. The normalized spacial score (nSPS) is 13.1. The predicted molar refractivity (Wildman–Crippen MR) is 260 cm³/mol. The van der Waals surface area contributed by atoms with Crippen molar-refractivity contribution in [1.29, 1.82) is 0 Å². The van der Waals surface area contributed by atoms with Crippen LogP contribution >= 0.6 is 0 Å². The number of ether oxygens (including phenoxy) is 1. The van der Waals surface area contributed by atoms with Crippen molar-refractivity contribution in [3.63, 3.8) is 0 Å². The van der Waals surface area contributed by atoms with Crippen molar-refractivity contribution in [3.05, 3.63) is 0 Å². The van der Waals surface area contributed by atoms with Crippen molar-refractivity contribution in [2.24, 2.45) is 0 Å². The van der Waals surface area contributed by atoms with E-state index < -0.39 is 18.2 Å². The summed E-state index contributed by atoms with van der Waals surface area (Å²) in [5.74, 6) is -0.449. The zero-order valence-corrected chi connectivity index (χ0v) is 40.9. The Morgan fingerprint density at radius 1 is 0.417 bits per heavy atom. The summed E-state index contributed by atoms with van der Waals surface area (Å²) in [6.45, 7) is 6.51. The number of rotatable bonds is 50. The van der Waals surface area contributed by atoms with Crippen LogP contribution in [0.25, 0.3) is 0 Å². The fourth-order valence-electron chi connectivity index (χ4n) is 8.79. The highest BCUT2D eigenvalue weighted by atomic mass is 16.5. The van der Waals surface area contributed by atoms with Crippen molar-refractivity contribution in [2.75, 3.05) is 6.61 Å². The SMILES string of the molecule is CCCCCCCCCCCCCCCCCCCCC(=O)OC(CCCCCCCCCCCCC)CC(=O)NC(CO)C(O)CCCCCCCCCCCCCC. The lowest BCUT2D eigenvalue weighted by Crippen LogP contribution is -2.46. The predicted octanol–water partition coefficient (Wildman–Crippen LogP) is 16.4. The molecule has 0 saturated carbocycles. The molecule has 358 valence electrons. The number of nitrogens with one attached hydrogen (secondary N) is 1. The maximum atomic E-state index is 13.2. The summed E-state index contributed by atoms with van der Waals surface area (Å²) in [4.78, 5) is 26.1. The number of carbonyl (C=O) groups excluding carboxylic acids is 2. The molecule has 0 fully saturated rings. The molecule has 3 unspecified atom stereocenters. The molecule has 0 aromatic heterocycles. The van der Waals surface area contributed by atoms with Gasteiger partial charge in [-0.15, -0.1) is 0 Å². The average molecular weight is 850 g/mol. The molecule has 0 aliphatic rings. The van der Waals surface area contributed by atoms with Crippen LogP contribution in [0.5, 0.6) is 0 Å². The Kier molecular flexibility index (Phi) is 48.0.